The lowest BCUT2D eigenvalue weighted by molar-refractivity contribution is -0.113. The van der Waals surface area contributed by atoms with Crippen LogP contribution in [0.5, 0.6) is 0 Å². The van der Waals surface area contributed by atoms with Crippen molar-refractivity contribution < 1.29 is 18.4 Å². The minimum Gasteiger partial charge on any atom is -0.414 e. The maximum atomic E-state index is 13.1. The fourth-order valence-corrected chi connectivity index (χ4v) is 2.69. The smallest absolute Gasteiger partial charge is 0.277 e. The molecule has 3 rings (SSSR count). The quantitative estimate of drug-likeness (QED) is 0.606. The van der Waals surface area contributed by atoms with E-state index in [0.717, 1.165) is 11.8 Å². The topological polar surface area (TPSA) is 97.1 Å². The number of thioether (sulfide) groups is 1. The van der Waals surface area contributed by atoms with E-state index in [1.165, 1.54) is 18.2 Å². The highest BCUT2D eigenvalue weighted by Crippen LogP contribution is 2.17. The van der Waals surface area contributed by atoms with Gasteiger partial charge in [-0.25, -0.2) is 4.39 Å². The second-order valence-electron chi connectivity index (χ2n) is 5.36. The second kappa shape index (κ2) is 8.95. The second-order valence-corrected chi connectivity index (χ2v) is 6.28. The summed E-state index contributed by atoms with van der Waals surface area (Å²) >= 11 is 1.04. The first kappa shape index (κ1) is 18.6. The summed E-state index contributed by atoms with van der Waals surface area (Å²) in [6, 6.07) is 14.4. The average Bonchev–Trinajstić information content (AvgIpc) is 3.13. The number of hydrogen-bond donors (Lipinski definition) is 2. The van der Waals surface area contributed by atoms with Crippen LogP contribution >= 0.6 is 11.8 Å². The third-order valence-corrected chi connectivity index (χ3v) is 4.14. The number of benzene rings is 2. The van der Waals surface area contributed by atoms with Gasteiger partial charge < -0.3 is 15.1 Å². The molecule has 0 unspecified atom stereocenters. The molecule has 1 aromatic heterocycles. The molecule has 0 aliphatic rings. The Morgan fingerprint density at radius 1 is 1.07 bits per heavy atom. The number of rotatable bonds is 7. The molecule has 0 aliphatic heterocycles. The predicted octanol–water partition coefficient (Wildman–Crippen LogP) is 2.87. The molecule has 0 saturated carbocycles. The van der Waals surface area contributed by atoms with Gasteiger partial charge in [0.2, 0.25) is 11.8 Å². The van der Waals surface area contributed by atoms with E-state index in [2.05, 4.69) is 20.8 Å². The first-order valence-corrected chi connectivity index (χ1v) is 8.92. The molecule has 0 spiro atoms. The Morgan fingerprint density at radius 3 is 2.67 bits per heavy atom. The third kappa shape index (κ3) is 5.65. The van der Waals surface area contributed by atoms with E-state index in [4.69, 9.17) is 4.42 Å². The summed E-state index contributed by atoms with van der Waals surface area (Å²) in [6.45, 7) is 0.0801. The van der Waals surface area contributed by atoms with Gasteiger partial charge in [-0.15, -0.1) is 10.2 Å². The third-order valence-electron chi connectivity index (χ3n) is 3.32. The first-order chi connectivity index (χ1) is 13.1. The normalized spacial score (nSPS) is 10.4. The molecule has 1 heterocycles. The molecule has 0 radical (unpaired) electrons. The zero-order valence-electron chi connectivity index (χ0n) is 14.0. The van der Waals surface area contributed by atoms with Gasteiger partial charge in [-0.2, -0.15) is 0 Å². The van der Waals surface area contributed by atoms with E-state index >= 15 is 0 Å². The van der Waals surface area contributed by atoms with Crippen LogP contribution in [0.2, 0.25) is 0 Å². The van der Waals surface area contributed by atoms with E-state index in [0.29, 0.717) is 11.3 Å². The van der Waals surface area contributed by atoms with E-state index in [-0.39, 0.29) is 35.2 Å². The van der Waals surface area contributed by atoms with Crippen LogP contribution in [0, 0.1) is 5.82 Å². The zero-order chi connectivity index (χ0) is 19.1. The Labute approximate surface area is 158 Å². The van der Waals surface area contributed by atoms with Crippen LogP contribution < -0.4 is 10.6 Å². The van der Waals surface area contributed by atoms with Crippen molar-refractivity contribution in [1.29, 1.82) is 0 Å². The lowest BCUT2D eigenvalue weighted by Crippen LogP contribution is -2.22. The highest BCUT2D eigenvalue weighted by atomic mass is 32.2. The van der Waals surface area contributed by atoms with Gasteiger partial charge in [-0.1, -0.05) is 36.0 Å². The molecule has 9 heteroatoms. The number of aromatic nitrogens is 2. The van der Waals surface area contributed by atoms with Crippen molar-refractivity contribution in [1.82, 2.24) is 15.5 Å². The van der Waals surface area contributed by atoms with Crippen LogP contribution in [-0.4, -0.2) is 27.8 Å². The van der Waals surface area contributed by atoms with Crippen LogP contribution in [0.1, 0.15) is 16.2 Å². The molecular weight excluding hydrogens is 371 g/mol. The number of halogens is 1. The van der Waals surface area contributed by atoms with Gasteiger partial charge in [0, 0.05) is 11.3 Å². The fourth-order valence-electron chi connectivity index (χ4n) is 2.11. The number of carbonyl (C=O) groups excluding carboxylic acids is 2. The Balaban J connectivity index is 1.45. The van der Waals surface area contributed by atoms with Crippen LogP contribution in [0.4, 0.5) is 10.1 Å². The van der Waals surface area contributed by atoms with Gasteiger partial charge >= 0.3 is 0 Å². The molecule has 27 heavy (non-hydrogen) atoms. The van der Waals surface area contributed by atoms with Crippen molar-refractivity contribution in [2.75, 3.05) is 11.1 Å². The molecule has 0 atom stereocenters. The summed E-state index contributed by atoms with van der Waals surface area (Å²) in [7, 11) is 0. The lowest BCUT2D eigenvalue weighted by Gasteiger charge is -2.03. The van der Waals surface area contributed by atoms with Gasteiger partial charge in [0.25, 0.3) is 11.1 Å². The minimum absolute atomic E-state index is 0.0223. The minimum atomic E-state index is -0.431. The van der Waals surface area contributed by atoms with Crippen molar-refractivity contribution in [3.63, 3.8) is 0 Å². The molecule has 0 aliphatic carbocycles. The molecule has 2 aromatic carbocycles. The van der Waals surface area contributed by atoms with Crippen molar-refractivity contribution in [3.8, 4) is 0 Å². The molecule has 3 aromatic rings. The Hall–Kier alpha value is -3.20. The number of nitrogens with zero attached hydrogens (tertiary/aromatic N) is 2. The molecule has 138 valence electrons. The summed E-state index contributed by atoms with van der Waals surface area (Å²) in [5.74, 6) is -0.763. The highest BCUT2D eigenvalue weighted by Gasteiger charge is 2.12. The Morgan fingerprint density at radius 2 is 1.89 bits per heavy atom. The number of amides is 2. The van der Waals surface area contributed by atoms with E-state index < -0.39 is 5.82 Å². The standard InChI is InChI=1S/C18H15FN4O3S/c19-13-7-4-8-14(9-13)21-15(24)11-27-18-23-22-16(26-18)10-20-17(25)12-5-2-1-3-6-12/h1-9H,10-11H2,(H,20,25)(H,21,24). The van der Waals surface area contributed by atoms with Crippen molar-refractivity contribution in [2.45, 2.75) is 11.8 Å². The summed E-state index contributed by atoms with van der Waals surface area (Å²) < 4.78 is 18.5. The Kier molecular flexibility index (Phi) is 6.16. The van der Waals surface area contributed by atoms with Gasteiger partial charge in [0.1, 0.15) is 5.82 Å². The van der Waals surface area contributed by atoms with Gasteiger partial charge in [0.15, 0.2) is 0 Å². The maximum absolute atomic E-state index is 13.1. The van der Waals surface area contributed by atoms with E-state index in [1.807, 2.05) is 6.07 Å². The van der Waals surface area contributed by atoms with Crippen molar-refractivity contribution in [3.05, 3.63) is 71.9 Å². The zero-order valence-corrected chi connectivity index (χ0v) is 14.8. The van der Waals surface area contributed by atoms with Gasteiger partial charge in [-0.3, -0.25) is 9.59 Å². The van der Waals surface area contributed by atoms with Crippen molar-refractivity contribution >= 4 is 29.3 Å². The van der Waals surface area contributed by atoms with E-state index in [9.17, 15) is 14.0 Å². The molecule has 0 fully saturated rings. The molecular formula is C18H15FN4O3S. The molecule has 7 nitrogen and oxygen atoms in total. The first-order valence-electron chi connectivity index (χ1n) is 7.94. The summed E-state index contributed by atoms with van der Waals surface area (Å²) in [4.78, 5) is 23.8. The number of nitrogens with one attached hydrogen (secondary N) is 2. The van der Waals surface area contributed by atoms with E-state index in [1.54, 1.807) is 30.3 Å². The summed E-state index contributed by atoms with van der Waals surface area (Å²) in [5, 5.41) is 13.1. The predicted molar refractivity (Wildman–Crippen MR) is 97.7 cm³/mol. The van der Waals surface area contributed by atoms with Crippen LogP contribution in [0.25, 0.3) is 0 Å². The van der Waals surface area contributed by atoms with Crippen LogP contribution in [0.15, 0.2) is 64.2 Å². The number of anilines is 1. The summed E-state index contributed by atoms with van der Waals surface area (Å²) in [6.07, 6.45) is 0. The van der Waals surface area contributed by atoms with Crippen LogP contribution in [-0.2, 0) is 11.3 Å². The van der Waals surface area contributed by atoms with Crippen molar-refractivity contribution in [2.24, 2.45) is 0 Å². The largest absolute Gasteiger partial charge is 0.414 e. The number of carbonyl (C=O) groups is 2. The van der Waals surface area contributed by atoms with Gasteiger partial charge in [-0.05, 0) is 30.3 Å². The average molecular weight is 386 g/mol. The molecule has 0 bridgehead atoms. The monoisotopic (exact) mass is 386 g/mol. The molecule has 2 N–H and O–H groups in total. The van der Waals surface area contributed by atoms with Crippen LogP contribution in [0.3, 0.4) is 0 Å². The maximum Gasteiger partial charge on any atom is 0.277 e. The highest BCUT2D eigenvalue weighted by molar-refractivity contribution is 7.99. The lowest BCUT2D eigenvalue weighted by atomic mass is 10.2. The SMILES string of the molecule is O=C(CSc1nnc(CNC(=O)c2ccccc2)o1)Nc1cccc(F)c1. The van der Waals surface area contributed by atoms with Gasteiger partial charge in [0.05, 0.1) is 12.3 Å². The molecule has 0 saturated heterocycles. The Bertz CT molecular complexity index is 933. The fraction of sp³-hybridized carbons (Fsp3) is 0.111. The molecule has 2 amide bonds. The number of hydrogen-bond acceptors (Lipinski definition) is 6. The summed E-state index contributed by atoms with van der Waals surface area (Å²) in [5.41, 5.74) is 0.899.